The van der Waals surface area contributed by atoms with Crippen molar-refractivity contribution in [2.45, 2.75) is 13.8 Å². The molecule has 0 aliphatic carbocycles. The quantitative estimate of drug-likeness (QED) is 0.283. The van der Waals surface area contributed by atoms with Crippen molar-refractivity contribution in [1.82, 2.24) is 0 Å². The van der Waals surface area contributed by atoms with Gasteiger partial charge in [-0.1, -0.05) is 24.3 Å². The predicted octanol–water partition coefficient (Wildman–Crippen LogP) is 3.00. The maximum atomic E-state index is 12.7. The van der Waals surface area contributed by atoms with E-state index in [2.05, 4.69) is 0 Å². The highest BCUT2D eigenvalue weighted by Crippen LogP contribution is 2.42. The molecule has 0 aromatic heterocycles. The van der Waals surface area contributed by atoms with E-state index >= 15 is 0 Å². The fourth-order valence-electron chi connectivity index (χ4n) is 2.99. The molecule has 0 spiro atoms. The first kappa shape index (κ1) is 20.5. The molecule has 0 aliphatic heterocycles. The first-order valence-electron chi connectivity index (χ1n) is 8.73. The molecule has 0 bridgehead atoms. The molecule has 8 nitrogen and oxygen atoms in total. The van der Waals surface area contributed by atoms with Gasteiger partial charge in [-0.3, -0.25) is 9.59 Å². The van der Waals surface area contributed by atoms with Gasteiger partial charge in [0.15, 0.2) is 34.6 Å². The number of benzene rings is 3. The van der Waals surface area contributed by atoms with Crippen LogP contribution in [0, 0.1) is 13.8 Å². The van der Waals surface area contributed by atoms with E-state index in [9.17, 15) is 40.2 Å². The van der Waals surface area contributed by atoms with Crippen molar-refractivity contribution in [3.8, 4) is 34.5 Å². The molecule has 6 N–H and O–H groups in total. The highest BCUT2D eigenvalue weighted by Gasteiger charge is 2.23. The zero-order valence-corrected chi connectivity index (χ0v) is 16.0. The standard InChI is InChI=1S/C22H18O8/c1-9-7-13(19(27)21(29)15(9)23)17(25)11-3-5-12(6-4-11)18(26)14-8-10(2)16(24)22(30)20(14)28/h3-8,23-24,27-30H,1-2H3. The second-order valence-corrected chi connectivity index (χ2v) is 6.81. The molecule has 0 unspecified atom stereocenters. The predicted molar refractivity (Wildman–Crippen MR) is 106 cm³/mol. The Morgan fingerprint density at radius 1 is 0.533 bits per heavy atom. The lowest BCUT2D eigenvalue weighted by Gasteiger charge is -2.11. The summed E-state index contributed by atoms with van der Waals surface area (Å²) >= 11 is 0. The number of ketones is 2. The Kier molecular flexibility index (Phi) is 5.01. The molecular weight excluding hydrogens is 392 g/mol. The van der Waals surface area contributed by atoms with Crippen LogP contribution in [0.3, 0.4) is 0 Å². The Balaban J connectivity index is 1.96. The second kappa shape index (κ2) is 7.32. The van der Waals surface area contributed by atoms with Crippen LogP contribution >= 0.6 is 0 Å². The minimum absolute atomic E-state index is 0.0975. The highest BCUT2D eigenvalue weighted by molar-refractivity contribution is 6.14. The van der Waals surface area contributed by atoms with Crippen LogP contribution in [0.4, 0.5) is 0 Å². The molecule has 0 atom stereocenters. The normalized spacial score (nSPS) is 10.7. The van der Waals surface area contributed by atoms with E-state index in [4.69, 9.17) is 0 Å². The third kappa shape index (κ3) is 3.24. The first-order valence-corrected chi connectivity index (χ1v) is 8.73. The average Bonchev–Trinajstić information content (AvgIpc) is 2.75. The topological polar surface area (TPSA) is 156 Å². The third-order valence-electron chi connectivity index (χ3n) is 4.77. The van der Waals surface area contributed by atoms with E-state index in [-0.39, 0.29) is 33.4 Å². The van der Waals surface area contributed by atoms with Gasteiger partial charge in [-0.15, -0.1) is 0 Å². The SMILES string of the molecule is Cc1cc(C(=O)c2ccc(C(=O)c3cc(C)c(O)c(O)c3O)cc2)c(O)c(O)c1O. The second-order valence-electron chi connectivity index (χ2n) is 6.81. The van der Waals surface area contributed by atoms with E-state index in [1.165, 1.54) is 50.2 Å². The monoisotopic (exact) mass is 410 g/mol. The maximum absolute atomic E-state index is 12.7. The molecule has 0 saturated heterocycles. The maximum Gasteiger partial charge on any atom is 0.201 e. The summed E-state index contributed by atoms with van der Waals surface area (Å²) in [4.78, 5) is 25.4. The number of hydrogen-bond donors (Lipinski definition) is 6. The lowest BCUT2D eigenvalue weighted by Crippen LogP contribution is -2.06. The zero-order chi connectivity index (χ0) is 22.3. The Morgan fingerprint density at radius 2 is 0.833 bits per heavy atom. The summed E-state index contributed by atoms with van der Waals surface area (Å²) in [5, 5.41) is 58.7. The summed E-state index contributed by atoms with van der Waals surface area (Å²) in [6.45, 7) is 2.91. The smallest absolute Gasteiger partial charge is 0.201 e. The van der Waals surface area contributed by atoms with Gasteiger partial charge in [0.25, 0.3) is 0 Å². The minimum atomic E-state index is -0.803. The van der Waals surface area contributed by atoms with E-state index in [0.29, 0.717) is 0 Å². The number of phenolic OH excluding ortho intramolecular Hbond substituents is 6. The number of carbonyl (C=O) groups is 2. The summed E-state index contributed by atoms with van der Waals surface area (Å²) in [5.74, 6) is -5.48. The Bertz CT molecular complexity index is 1100. The fourth-order valence-corrected chi connectivity index (χ4v) is 2.99. The summed E-state index contributed by atoms with van der Waals surface area (Å²) in [6, 6.07) is 7.73. The molecule has 0 fully saturated rings. The molecule has 3 aromatic rings. The average molecular weight is 410 g/mol. The summed E-state index contributed by atoms with van der Waals surface area (Å²) in [5.41, 5.74) is 0.134. The van der Waals surface area contributed by atoms with Crippen LogP contribution in [-0.4, -0.2) is 42.2 Å². The largest absolute Gasteiger partial charge is 0.504 e. The van der Waals surface area contributed by atoms with Gasteiger partial charge < -0.3 is 30.6 Å². The summed E-state index contributed by atoms with van der Waals surface area (Å²) in [7, 11) is 0. The molecule has 3 rings (SSSR count). The fraction of sp³-hybridized carbons (Fsp3) is 0.0909. The molecule has 3 aromatic carbocycles. The summed E-state index contributed by atoms with van der Waals surface area (Å²) < 4.78 is 0. The van der Waals surface area contributed by atoms with Gasteiger partial charge in [-0.25, -0.2) is 0 Å². The van der Waals surface area contributed by atoms with Gasteiger partial charge in [0.1, 0.15) is 0 Å². The number of phenols is 6. The van der Waals surface area contributed by atoms with Gasteiger partial charge >= 0.3 is 0 Å². The van der Waals surface area contributed by atoms with Gasteiger partial charge in [0.05, 0.1) is 11.1 Å². The molecule has 154 valence electrons. The van der Waals surface area contributed by atoms with Crippen molar-refractivity contribution in [3.05, 3.63) is 69.8 Å². The summed E-state index contributed by atoms with van der Waals surface area (Å²) in [6.07, 6.45) is 0. The van der Waals surface area contributed by atoms with Gasteiger partial charge in [0, 0.05) is 11.1 Å². The molecule has 0 saturated carbocycles. The molecule has 30 heavy (non-hydrogen) atoms. The van der Waals surface area contributed by atoms with Crippen LogP contribution in [0.25, 0.3) is 0 Å². The molecule has 8 heteroatoms. The van der Waals surface area contributed by atoms with Crippen LogP contribution in [-0.2, 0) is 0 Å². The van der Waals surface area contributed by atoms with Gasteiger partial charge in [-0.05, 0) is 37.1 Å². The van der Waals surface area contributed by atoms with E-state index in [0.717, 1.165) is 0 Å². The number of hydrogen-bond acceptors (Lipinski definition) is 8. The van der Waals surface area contributed by atoms with Crippen molar-refractivity contribution in [2.75, 3.05) is 0 Å². The Labute approximate surface area is 170 Å². The van der Waals surface area contributed by atoms with Crippen LogP contribution in [0.2, 0.25) is 0 Å². The van der Waals surface area contributed by atoms with E-state index in [1.54, 1.807) is 0 Å². The molecule has 0 aliphatic rings. The van der Waals surface area contributed by atoms with Crippen LogP contribution in [0.15, 0.2) is 36.4 Å². The minimum Gasteiger partial charge on any atom is -0.504 e. The molecule has 0 amide bonds. The molecular formula is C22H18O8. The number of carbonyl (C=O) groups excluding carboxylic acids is 2. The van der Waals surface area contributed by atoms with E-state index in [1.807, 2.05) is 0 Å². The number of aryl methyl sites for hydroxylation is 2. The van der Waals surface area contributed by atoms with Gasteiger partial charge in [0.2, 0.25) is 11.5 Å². The number of rotatable bonds is 4. The Hall–Kier alpha value is -4.20. The Morgan fingerprint density at radius 3 is 1.13 bits per heavy atom. The van der Waals surface area contributed by atoms with Crippen LogP contribution in [0.1, 0.15) is 43.0 Å². The highest BCUT2D eigenvalue weighted by atomic mass is 16.3. The third-order valence-corrected chi connectivity index (χ3v) is 4.77. The molecule has 0 heterocycles. The van der Waals surface area contributed by atoms with Crippen molar-refractivity contribution < 1.29 is 40.2 Å². The molecule has 0 radical (unpaired) electrons. The van der Waals surface area contributed by atoms with Crippen molar-refractivity contribution in [3.63, 3.8) is 0 Å². The first-order chi connectivity index (χ1) is 14.0. The lowest BCUT2D eigenvalue weighted by atomic mass is 9.95. The van der Waals surface area contributed by atoms with Crippen molar-refractivity contribution in [2.24, 2.45) is 0 Å². The zero-order valence-electron chi connectivity index (χ0n) is 16.0. The van der Waals surface area contributed by atoms with Crippen molar-refractivity contribution >= 4 is 11.6 Å². The van der Waals surface area contributed by atoms with Crippen LogP contribution < -0.4 is 0 Å². The van der Waals surface area contributed by atoms with E-state index < -0.39 is 46.1 Å². The van der Waals surface area contributed by atoms with Crippen LogP contribution in [0.5, 0.6) is 34.5 Å². The van der Waals surface area contributed by atoms with Crippen molar-refractivity contribution in [1.29, 1.82) is 0 Å². The lowest BCUT2D eigenvalue weighted by molar-refractivity contribution is 0.102. The van der Waals surface area contributed by atoms with Gasteiger partial charge in [-0.2, -0.15) is 0 Å². The number of aromatic hydroxyl groups is 6.